The molecular formula is C24H25NO2. The number of benzene rings is 3. The Bertz CT molecular complexity index is 950. The molecule has 3 aromatic rings. The molecule has 1 aliphatic carbocycles. The second kappa shape index (κ2) is 7.83. The van der Waals surface area contributed by atoms with E-state index >= 15 is 0 Å². The summed E-state index contributed by atoms with van der Waals surface area (Å²) in [5.74, 6) is 0.701. The van der Waals surface area contributed by atoms with Crippen molar-refractivity contribution in [3.05, 3.63) is 77.9 Å². The average Bonchev–Trinajstić information content (AvgIpc) is 2.72. The van der Waals surface area contributed by atoms with E-state index in [9.17, 15) is 4.79 Å². The SMILES string of the molecule is CC[C@@H](Oc1ccc2ccccc2c1)C(=O)N[C@@H]1CCCc2ccccc21. The number of rotatable bonds is 5. The number of fused-ring (bicyclic) bond motifs is 2. The molecular weight excluding hydrogens is 334 g/mol. The van der Waals surface area contributed by atoms with E-state index in [1.54, 1.807) is 0 Å². The average molecular weight is 359 g/mol. The third-order valence-corrected chi connectivity index (χ3v) is 5.35. The van der Waals surface area contributed by atoms with Crippen LogP contribution in [0.1, 0.15) is 43.4 Å². The van der Waals surface area contributed by atoms with Crippen LogP contribution in [-0.2, 0) is 11.2 Å². The fourth-order valence-electron chi connectivity index (χ4n) is 3.90. The van der Waals surface area contributed by atoms with Crippen LogP contribution >= 0.6 is 0 Å². The van der Waals surface area contributed by atoms with Gasteiger partial charge in [0.1, 0.15) is 5.75 Å². The fraction of sp³-hybridized carbons (Fsp3) is 0.292. The minimum atomic E-state index is -0.486. The highest BCUT2D eigenvalue weighted by Crippen LogP contribution is 2.30. The number of amides is 1. The molecule has 0 aliphatic heterocycles. The molecule has 27 heavy (non-hydrogen) atoms. The van der Waals surface area contributed by atoms with Gasteiger partial charge in [-0.05, 0) is 59.7 Å². The summed E-state index contributed by atoms with van der Waals surface area (Å²) in [4.78, 5) is 12.9. The van der Waals surface area contributed by atoms with Crippen molar-refractivity contribution in [1.29, 1.82) is 0 Å². The quantitative estimate of drug-likeness (QED) is 0.681. The Morgan fingerprint density at radius 2 is 1.85 bits per heavy atom. The van der Waals surface area contributed by atoms with E-state index in [1.165, 1.54) is 16.5 Å². The van der Waals surface area contributed by atoms with Gasteiger partial charge in [-0.2, -0.15) is 0 Å². The van der Waals surface area contributed by atoms with E-state index in [0.29, 0.717) is 6.42 Å². The minimum Gasteiger partial charge on any atom is -0.481 e. The van der Waals surface area contributed by atoms with Gasteiger partial charge in [-0.15, -0.1) is 0 Å². The number of ether oxygens (including phenoxy) is 1. The molecule has 0 heterocycles. The van der Waals surface area contributed by atoms with Gasteiger partial charge in [0.2, 0.25) is 0 Å². The smallest absolute Gasteiger partial charge is 0.261 e. The molecule has 138 valence electrons. The zero-order valence-corrected chi connectivity index (χ0v) is 15.7. The van der Waals surface area contributed by atoms with Gasteiger partial charge in [-0.25, -0.2) is 0 Å². The lowest BCUT2D eigenvalue weighted by Crippen LogP contribution is -2.40. The zero-order chi connectivity index (χ0) is 18.6. The van der Waals surface area contributed by atoms with Gasteiger partial charge in [-0.3, -0.25) is 4.79 Å². The molecule has 3 heteroatoms. The van der Waals surface area contributed by atoms with Gasteiger partial charge in [0.15, 0.2) is 6.10 Å². The third kappa shape index (κ3) is 3.82. The predicted octanol–water partition coefficient (Wildman–Crippen LogP) is 5.19. The summed E-state index contributed by atoms with van der Waals surface area (Å²) < 4.78 is 6.05. The van der Waals surface area contributed by atoms with Crippen molar-refractivity contribution in [3.8, 4) is 5.75 Å². The number of carbonyl (C=O) groups excluding carboxylic acids is 1. The monoisotopic (exact) mass is 359 g/mol. The molecule has 0 saturated heterocycles. The maximum absolute atomic E-state index is 12.9. The summed E-state index contributed by atoms with van der Waals surface area (Å²) in [7, 11) is 0. The second-order valence-electron chi connectivity index (χ2n) is 7.18. The molecule has 1 N–H and O–H groups in total. The van der Waals surface area contributed by atoms with E-state index in [2.05, 4.69) is 35.6 Å². The van der Waals surface area contributed by atoms with Crippen LogP contribution in [0.3, 0.4) is 0 Å². The van der Waals surface area contributed by atoms with Gasteiger partial charge in [0.05, 0.1) is 6.04 Å². The molecule has 2 atom stereocenters. The molecule has 0 unspecified atom stereocenters. The molecule has 0 saturated carbocycles. The van der Waals surface area contributed by atoms with Crippen LogP contribution in [-0.4, -0.2) is 12.0 Å². The third-order valence-electron chi connectivity index (χ3n) is 5.35. The summed E-state index contributed by atoms with van der Waals surface area (Å²) in [5.41, 5.74) is 2.59. The van der Waals surface area contributed by atoms with Gasteiger partial charge >= 0.3 is 0 Å². The molecule has 0 aromatic heterocycles. The maximum Gasteiger partial charge on any atom is 0.261 e. The van der Waals surface area contributed by atoms with E-state index in [-0.39, 0.29) is 11.9 Å². The van der Waals surface area contributed by atoms with Crippen LogP contribution in [0.2, 0.25) is 0 Å². The van der Waals surface area contributed by atoms with Crippen LogP contribution in [0.25, 0.3) is 10.8 Å². The van der Waals surface area contributed by atoms with E-state index < -0.39 is 6.10 Å². The summed E-state index contributed by atoms with van der Waals surface area (Å²) in [5, 5.41) is 5.50. The Labute approximate surface area is 160 Å². The largest absolute Gasteiger partial charge is 0.481 e. The van der Waals surface area contributed by atoms with Gasteiger partial charge in [-0.1, -0.05) is 61.5 Å². The molecule has 1 aliphatic rings. The standard InChI is InChI=1S/C24H25NO2/c1-2-23(27-20-15-14-17-8-3-4-10-19(17)16-20)24(26)25-22-13-7-11-18-9-5-6-12-21(18)22/h3-6,8-10,12,14-16,22-23H,2,7,11,13H2,1H3,(H,25,26)/t22-,23-/m1/s1. The maximum atomic E-state index is 12.9. The molecule has 0 spiro atoms. The molecule has 4 rings (SSSR count). The lowest BCUT2D eigenvalue weighted by atomic mass is 9.87. The lowest BCUT2D eigenvalue weighted by molar-refractivity contribution is -0.129. The Kier molecular flexibility index (Phi) is 5.10. The summed E-state index contributed by atoms with van der Waals surface area (Å²) in [6.45, 7) is 1.99. The van der Waals surface area contributed by atoms with Gasteiger partial charge in [0, 0.05) is 0 Å². The first kappa shape index (κ1) is 17.6. The highest BCUT2D eigenvalue weighted by Gasteiger charge is 2.25. The van der Waals surface area contributed by atoms with Crippen molar-refractivity contribution in [2.45, 2.75) is 44.8 Å². The lowest BCUT2D eigenvalue weighted by Gasteiger charge is -2.28. The van der Waals surface area contributed by atoms with Gasteiger partial charge < -0.3 is 10.1 Å². The second-order valence-corrected chi connectivity index (χ2v) is 7.18. The van der Waals surface area contributed by atoms with Gasteiger partial charge in [0.25, 0.3) is 5.91 Å². The van der Waals surface area contributed by atoms with Crippen molar-refractivity contribution >= 4 is 16.7 Å². The molecule has 1 amide bonds. The van der Waals surface area contributed by atoms with E-state index in [4.69, 9.17) is 4.74 Å². The molecule has 0 fully saturated rings. The summed E-state index contributed by atoms with van der Waals surface area (Å²) in [6, 6.07) is 22.6. The van der Waals surface area contributed by atoms with Crippen molar-refractivity contribution in [2.75, 3.05) is 0 Å². The van der Waals surface area contributed by atoms with Crippen molar-refractivity contribution in [2.24, 2.45) is 0 Å². The first-order valence-corrected chi connectivity index (χ1v) is 9.78. The van der Waals surface area contributed by atoms with Crippen LogP contribution in [0.5, 0.6) is 5.75 Å². The Hall–Kier alpha value is -2.81. The van der Waals surface area contributed by atoms with E-state index in [1.807, 2.05) is 43.3 Å². The van der Waals surface area contributed by atoms with E-state index in [0.717, 1.165) is 30.4 Å². The normalized spacial score (nSPS) is 17.1. The Morgan fingerprint density at radius 1 is 1.07 bits per heavy atom. The van der Waals surface area contributed by atoms with Crippen molar-refractivity contribution < 1.29 is 9.53 Å². The molecule has 0 bridgehead atoms. The van der Waals surface area contributed by atoms with Crippen molar-refractivity contribution in [3.63, 3.8) is 0 Å². The van der Waals surface area contributed by atoms with Crippen LogP contribution in [0, 0.1) is 0 Å². The van der Waals surface area contributed by atoms with Crippen LogP contribution in [0.15, 0.2) is 66.7 Å². The first-order chi connectivity index (χ1) is 13.2. The number of aryl methyl sites for hydroxylation is 1. The van der Waals surface area contributed by atoms with Crippen LogP contribution < -0.4 is 10.1 Å². The van der Waals surface area contributed by atoms with Crippen LogP contribution in [0.4, 0.5) is 0 Å². The Morgan fingerprint density at radius 3 is 2.70 bits per heavy atom. The fourth-order valence-corrected chi connectivity index (χ4v) is 3.90. The number of hydrogen-bond donors (Lipinski definition) is 1. The minimum absolute atomic E-state index is 0.0349. The summed E-state index contributed by atoms with van der Waals surface area (Å²) >= 11 is 0. The zero-order valence-electron chi connectivity index (χ0n) is 15.7. The predicted molar refractivity (Wildman–Crippen MR) is 109 cm³/mol. The highest BCUT2D eigenvalue weighted by atomic mass is 16.5. The number of nitrogens with one attached hydrogen (secondary N) is 1. The molecule has 3 aromatic carbocycles. The molecule has 0 radical (unpaired) electrons. The van der Waals surface area contributed by atoms with Crippen molar-refractivity contribution in [1.82, 2.24) is 5.32 Å². The number of carbonyl (C=O) groups is 1. The Balaban J connectivity index is 1.48. The molecule has 3 nitrogen and oxygen atoms in total. The summed E-state index contributed by atoms with van der Waals surface area (Å²) in [6.07, 6.45) is 3.32. The topological polar surface area (TPSA) is 38.3 Å². The highest BCUT2D eigenvalue weighted by molar-refractivity contribution is 5.84. The number of hydrogen-bond acceptors (Lipinski definition) is 2. The first-order valence-electron chi connectivity index (χ1n) is 9.78.